The molecule has 0 aromatic carbocycles. The van der Waals surface area contributed by atoms with E-state index in [1.165, 1.54) is 0 Å². The highest BCUT2D eigenvalue weighted by Gasteiger charge is 2.25. The minimum Gasteiger partial charge on any atom is -0.427 e. The number of rotatable bonds is 2. The van der Waals surface area contributed by atoms with E-state index in [2.05, 4.69) is 13.8 Å². The van der Waals surface area contributed by atoms with Gasteiger partial charge in [0, 0.05) is 12.3 Å². The maximum atomic E-state index is 11.8. The molecule has 1 atom stereocenters. The number of aromatic nitrogens is 1. The van der Waals surface area contributed by atoms with Crippen LogP contribution < -0.4 is 5.56 Å². The van der Waals surface area contributed by atoms with Crippen molar-refractivity contribution in [2.45, 2.75) is 38.5 Å². The van der Waals surface area contributed by atoms with Gasteiger partial charge in [0.2, 0.25) is 0 Å². The molecule has 0 bridgehead atoms. The van der Waals surface area contributed by atoms with E-state index >= 15 is 0 Å². The Morgan fingerprint density at radius 3 is 2.88 bits per heavy atom. The fourth-order valence-corrected chi connectivity index (χ4v) is 2.09. The highest BCUT2D eigenvalue weighted by Crippen LogP contribution is 2.21. The summed E-state index contributed by atoms with van der Waals surface area (Å²) in [7, 11) is -0.671. The third kappa shape index (κ3) is 2.79. The lowest BCUT2D eigenvalue weighted by molar-refractivity contribution is 0.178. The van der Waals surface area contributed by atoms with Crippen LogP contribution in [0, 0.1) is 0 Å². The third-order valence-corrected chi connectivity index (χ3v) is 3.25. The molecule has 0 saturated carbocycles. The van der Waals surface area contributed by atoms with E-state index in [0.717, 1.165) is 12.0 Å². The maximum Gasteiger partial charge on any atom is 0.454 e. The maximum absolute atomic E-state index is 11.8. The van der Waals surface area contributed by atoms with Crippen molar-refractivity contribution in [1.29, 1.82) is 0 Å². The molecule has 0 spiro atoms. The van der Waals surface area contributed by atoms with Gasteiger partial charge in [-0.05, 0) is 24.2 Å². The second-order valence-corrected chi connectivity index (χ2v) is 4.88. The van der Waals surface area contributed by atoms with Gasteiger partial charge >= 0.3 is 7.12 Å². The Balaban J connectivity index is 2.25. The summed E-state index contributed by atoms with van der Waals surface area (Å²) in [6.07, 6.45) is 3.28. The lowest BCUT2D eigenvalue weighted by Gasteiger charge is -2.26. The fourth-order valence-electron chi connectivity index (χ4n) is 2.09. The topological polar surface area (TPSA) is 51.5 Å². The SMILES string of the molecule is CC(C)c1ccc(=O)n(C2CCB(O)OC2)c1. The molecular formula is C12H18BNO3. The van der Waals surface area contributed by atoms with E-state index < -0.39 is 7.12 Å². The van der Waals surface area contributed by atoms with Gasteiger partial charge in [0.05, 0.1) is 12.6 Å². The Hall–Kier alpha value is -1.07. The molecule has 5 heteroatoms. The first-order chi connectivity index (χ1) is 8.08. The molecule has 1 aliphatic rings. The lowest BCUT2D eigenvalue weighted by atomic mass is 9.79. The number of hydrogen-bond acceptors (Lipinski definition) is 3. The minimum atomic E-state index is -0.671. The van der Waals surface area contributed by atoms with Crippen molar-refractivity contribution >= 4 is 7.12 Å². The molecule has 1 saturated heterocycles. The van der Waals surface area contributed by atoms with Crippen molar-refractivity contribution in [3.05, 3.63) is 34.2 Å². The van der Waals surface area contributed by atoms with E-state index in [0.29, 0.717) is 18.8 Å². The molecule has 2 heterocycles. The Morgan fingerprint density at radius 1 is 1.53 bits per heavy atom. The van der Waals surface area contributed by atoms with Crippen LogP contribution in [0.1, 0.15) is 37.8 Å². The van der Waals surface area contributed by atoms with Crippen molar-refractivity contribution < 1.29 is 9.68 Å². The van der Waals surface area contributed by atoms with Gasteiger partial charge < -0.3 is 14.2 Å². The van der Waals surface area contributed by atoms with Crippen molar-refractivity contribution in [2.75, 3.05) is 6.61 Å². The third-order valence-electron chi connectivity index (χ3n) is 3.25. The molecule has 1 aromatic rings. The molecule has 1 aromatic heterocycles. The van der Waals surface area contributed by atoms with Crippen molar-refractivity contribution in [3.63, 3.8) is 0 Å². The van der Waals surface area contributed by atoms with Crippen LogP contribution in [-0.4, -0.2) is 23.3 Å². The van der Waals surface area contributed by atoms with Crippen LogP contribution in [-0.2, 0) is 4.65 Å². The van der Waals surface area contributed by atoms with E-state index in [9.17, 15) is 9.82 Å². The Labute approximate surface area is 101 Å². The van der Waals surface area contributed by atoms with Crippen LogP contribution in [0.2, 0.25) is 6.32 Å². The fraction of sp³-hybridized carbons (Fsp3) is 0.583. The van der Waals surface area contributed by atoms with Gasteiger partial charge in [0.15, 0.2) is 0 Å². The number of nitrogens with zero attached hydrogens (tertiary/aromatic N) is 1. The first-order valence-electron chi connectivity index (χ1n) is 6.09. The zero-order valence-electron chi connectivity index (χ0n) is 10.3. The van der Waals surface area contributed by atoms with Gasteiger partial charge in [-0.2, -0.15) is 0 Å². The van der Waals surface area contributed by atoms with Crippen LogP contribution >= 0.6 is 0 Å². The molecule has 0 radical (unpaired) electrons. The lowest BCUT2D eigenvalue weighted by Crippen LogP contribution is -2.35. The Bertz CT molecular complexity index is 436. The van der Waals surface area contributed by atoms with Gasteiger partial charge in [0.1, 0.15) is 0 Å². The molecule has 1 unspecified atom stereocenters. The zero-order valence-corrected chi connectivity index (χ0v) is 10.3. The van der Waals surface area contributed by atoms with Crippen molar-refractivity contribution in [3.8, 4) is 0 Å². The predicted molar refractivity (Wildman–Crippen MR) is 67.2 cm³/mol. The van der Waals surface area contributed by atoms with Crippen LogP contribution in [0.3, 0.4) is 0 Å². The van der Waals surface area contributed by atoms with Crippen LogP contribution in [0.4, 0.5) is 0 Å². The molecule has 17 heavy (non-hydrogen) atoms. The van der Waals surface area contributed by atoms with Crippen LogP contribution in [0.25, 0.3) is 0 Å². The summed E-state index contributed by atoms with van der Waals surface area (Å²) in [4.78, 5) is 11.8. The van der Waals surface area contributed by atoms with Gasteiger partial charge in [-0.1, -0.05) is 19.9 Å². The number of hydrogen-bond donors (Lipinski definition) is 1. The minimum absolute atomic E-state index is 0.000565. The van der Waals surface area contributed by atoms with Gasteiger partial charge in [-0.25, -0.2) is 0 Å². The average molecular weight is 235 g/mol. The quantitative estimate of drug-likeness (QED) is 0.788. The molecule has 4 nitrogen and oxygen atoms in total. The summed E-state index contributed by atoms with van der Waals surface area (Å²) in [5.41, 5.74) is 1.15. The van der Waals surface area contributed by atoms with Gasteiger partial charge in [-0.3, -0.25) is 4.79 Å². The first kappa shape index (κ1) is 12.4. The number of pyridine rings is 1. The molecule has 2 rings (SSSR count). The van der Waals surface area contributed by atoms with Gasteiger partial charge in [-0.15, -0.1) is 0 Å². The van der Waals surface area contributed by atoms with E-state index in [1.54, 1.807) is 10.6 Å². The Kier molecular flexibility index (Phi) is 3.69. The van der Waals surface area contributed by atoms with Crippen LogP contribution in [0.5, 0.6) is 0 Å². The highest BCUT2D eigenvalue weighted by molar-refractivity contribution is 6.42. The van der Waals surface area contributed by atoms with E-state index in [-0.39, 0.29) is 11.6 Å². The molecule has 0 amide bonds. The largest absolute Gasteiger partial charge is 0.454 e. The van der Waals surface area contributed by atoms with Crippen molar-refractivity contribution in [1.82, 2.24) is 4.57 Å². The normalized spacial score (nSPS) is 20.9. The molecule has 1 N–H and O–H groups in total. The summed E-state index contributed by atoms with van der Waals surface area (Å²) < 4.78 is 6.93. The standard InChI is InChI=1S/C12H18BNO3/c1-9(2)10-3-4-12(15)14(7-10)11-5-6-13(16)17-8-11/h3-4,7,9,11,16H,5-6,8H2,1-2H3. The average Bonchev–Trinajstić information content (AvgIpc) is 2.31. The predicted octanol–water partition coefficient (Wildman–Crippen LogP) is 1.41. The second kappa shape index (κ2) is 5.06. The summed E-state index contributed by atoms with van der Waals surface area (Å²) in [6, 6.07) is 3.53. The van der Waals surface area contributed by atoms with E-state index in [4.69, 9.17) is 4.65 Å². The summed E-state index contributed by atoms with van der Waals surface area (Å²) in [6.45, 7) is 4.61. The van der Waals surface area contributed by atoms with Gasteiger partial charge in [0.25, 0.3) is 5.56 Å². The smallest absolute Gasteiger partial charge is 0.427 e. The zero-order chi connectivity index (χ0) is 12.4. The summed E-state index contributed by atoms with van der Waals surface area (Å²) in [5.74, 6) is 0.400. The molecular weight excluding hydrogens is 217 g/mol. The van der Waals surface area contributed by atoms with E-state index in [1.807, 2.05) is 12.3 Å². The molecule has 92 valence electrons. The summed E-state index contributed by atoms with van der Waals surface area (Å²) >= 11 is 0. The Morgan fingerprint density at radius 2 is 2.29 bits per heavy atom. The van der Waals surface area contributed by atoms with Crippen molar-refractivity contribution in [2.24, 2.45) is 0 Å². The first-order valence-corrected chi connectivity index (χ1v) is 6.09. The second-order valence-electron chi connectivity index (χ2n) is 4.88. The highest BCUT2D eigenvalue weighted by atomic mass is 16.5. The monoisotopic (exact) mass is 235 g/mol. The van der Waals surface area contributed by atoms with Crippen LogP contribution in [0.15, 0.2) is 23.1 Å². The summed E-state index contributed by atoms with van der Waals surface area (Å²) in [5, 5.41) is 9.28. The molecule has 0 aliphatic carbocycles. The molecule has 1 fully saturated rings. The molecule has 1 aliphatic heterocycles.